The lowest BCUT2D eigenvalue weighted by Crippen LogP contribution is -2.38. The summed E-state index contributed by atoms with van der Waals surface area (Å²) in [5.41, 5.74) is 0. The van der Waals surface area contributed by atoms with Crippen molar-refractivity contribution in [3.05, 3.63) is 24.3 Å². The largest absolute Gasteiger partial charge is 0.497 e. The third-order valence-corrected chi connectivity index (χ3v) is 5.65. The molecular weight excluding hydrogens is 294 g/mol. The van der Waals surface area contributed by atoms with Gasteiger partial charge in [-0.05, 0) is 43.0 Å². The minimum atomic E-state index is -3.51. The number of hydrogen-bond donors (Lipinski definition) is 1. The molecule has 1 fully saturated rings. The third-order valence-electron chi connectivity index (χ3n) is 3.73. The van der Waals surface area contributed by atoms with Gasteiger partial charge >= 0.3 is 5.97 Å². The van der Waals surface area contributed by atoms with E-state index in [1.54, 1.807) is 12.1 Å². The van der Waals surface area contributed by atoms with Crippen molar-refractivity contribution in [2.75, 3.05) is 20.2 Å². The summed E-state index contributed by atoms with van der Waals surface area (Å²) in [5, 5.41) is 8.78. The van der Waals surface area contributed by atoms with Crippen LogP contribution in [-0.4, -0.2) is 44.0 Å². The number of sulfonamides is 1. The maximum absolute atomic E-state index is 12.5. The number of piperidine rings is 1. The Morgan fingerprint density at radius 3 is 2.33 bits per heavy atom. The molecule has 1 aliphatic rings. The Bertz CT molecular complexity index is 588. The van der Waals surface area contributed by atoms with Crippen LogP contribution >= 0.6 is 0 Å². The lowest BCUT2D eigenvalue weighted by Gasteiger charge is -2.30. The second kappa shape index (κ2) is 6.44. The molecule has 1 aromatic rings. The Kier molecular flexibility index (Phi) is 4.84. The van der Waals surface area contributed by atoms with Crippen molar-refractivity contribution < 1.29 is 23.1 Å². The summed E-state index contributed by atoms with van der Waals surface area (Å²) in [6.45, 7) is 0.735. The van der Waals surface area contributed by atoms with Crippen molar-refractivity contribution >= 4 is 16.0 Å². The third kappa shape index (κ3) is 3.74. The molecule has 6 nitrogen and oxygen atoms in total. The van der Waals surface area contributed by atoms with Crippen molar-refractivity contribution in [2.45, 2.75) is 24.2 Å². The van der Waals surface area contributed by atoms with Crippen LogP contribution in [0.1, 0.15) is 19.3 Å². The maximum atomic E-state index is 12.5. The topological polar surface area (TPSA) is 83.9 Å². The first-order valence-corrected chi connectivity index (χ1v) is 8.23. The fourth-order valence-corrected chi connectivity index (χ4v) is 3.97. The van der Waals surface area contributed by atoms with E-state index in [2.05, 4.69) is 0 Å². The van der Waals surface area contributed by atoms with Crippen LogP contribution in [0.2, 0.25) is 0 Å². The van der Waals surface area contributed by atoms with Crippen LogP contribution in [0.15, 0.2) is 29.2 Å². The molecule has 0 radical (unpaired) electrons. The molecule has 7 heteroatoms. The Balaban J connectivity index is 2.05. The number of carbonyl (C=O) groups is 1. The van der Waals surface area contributed by atoms with E-state index in [1.165, 1.54) is 23.5 Å². The number of rotatable bonds is 5. The zero-order valence-electron chi connectivity index (χ0n) is 11.9. The zero-order chi connectivity index (χ0) is 15.5. The highest BCUT2D eigenvalue weighted by molar-refractivity contribution is 7.89. The van der Waals surface area contributed by atoms with Crippen molar-refractivity contribution in [3.63, 3.8) is 0 Å². The molecule has 0 aliphatic carbocycles. The number of aliphatic carboxylic acids is 1. The molecule has 0 unspecified atom stereocenters. The number of ether oxygens (including phenoxy) is 1. The fourth-order valence-electron chi connectivity index (χ4n) is 2.50. The van der Waals surface area contributed by atoms with Gasteiger partial charge in [0.05, 0.1) is 12.0 Å². The smallest absolute Gasteiger partial charge is 0.303 e. The Labute approximate surface area is 124 Å². The van der Waals surface area contributed by atoms with Gasteiger partial charge in [-0.15, -0.1) is 0 Å². The molecule has 1 aliphatic heterocycles. The maximum Gasteiger partial charge on any atom is 0.303 e. The number of carboxylic acid groups (broad SMARTS) is 1. The van der Waals surface area contributed by atoms with E-state index in [4.69, 9.17) is 9.84 Å². The van der Waals surface area contributed by atoms with Crippen LogP contribution in [0.4, 0.5) is 0 Å². The van der Waals surface area contributed by atoms with Gasteiger partial charge in [-0.2, -0.15) is 4.31 Å². The molecule has 0 aromatic heterocycles. The average molecular weight is 313 g/mol. The molecule has 1 aromatic carbocycles. The van der Waals surface area contributed by atoms with Crippen molar-refractivity contribution in [1.82, 2.24) is 4.31 Å². The van der Waals surface area contributed by atoms with E-state index in [1.807, 2.05) is 0 Å². The lowest BCUT2D eigenvalue weighted by molar-refractivity contribution is -0.138. The van der Waals surface area contributed by atoms with Crippen LogP contribution < -0.4 is 4.74 Å². The van der Waals surface area contributed by atoms with Crippen molar-refractivity contribution in [1.29, 1.82) is 0 Å². The van der Waals surface area contributed by atoms with Gasteiger partial charge in [0.15, 0.2) is 0 Å². The number of hydrogen-bond acceptors (Lipinski definition) is 4. The first-order chi connectivity index (χ1) is 9.93. The highest BCUT2D eigenvalue weighted by Gasteiger charge is 2.30. The molecule has 21 heavy (non-hydrogen) atoms. The summed E-state index contributed by atoms with van der Waals surface area (Å²) in [7, 11) is -1.98. The Hall–Kier alpha value is -1.60. The monoisotopic (exact) mass is 313 g/mol. The summed E-state index contributed by atoms with van der Waals surface area (Å²) in [6, 6.07) is 6.28. The highest BCUT2D eigenvalue weighted by Crippen LogP contribution is 2.26. The number of benzene rings is 1. The number of methoxy groups -OCH3 is 1. The molecule has 1 saturated heterocycles. The van der Waals surface area contributed by atoms with Gasteiger partial charge in [0.25, 0.3) is 0 Å². The molecule has 2 rings (SSSR count). The summed E-state index contributed by atoms with van der Waals surface area (Å²) in [5.74, 6) is -0.162. The molecule has 0 amide bonds. The average Bonchev–Trinajstić information content (AvgIpc) is 2.47. The van der Waals surface area contributed by atoms with Crippen LogP contribution in [0, 0.1) is 5.92 Å². The summed E-state index contributed by atoms with van der Waals surface area (Å²) < 4.78 is 31.4. The highest BCUT2D eigenvalue weighted by atomic mass is 32.2. The first-order valence-electron chi connectivity index (χ1n) is 6.79. The van der Waals surface area contributed by atoms with Gasteiger partial charge < -0.3 is 9.84 Å². The van der Waals surface area contributed by atoms with Crippen molar-refractivity contribution in [2.24, 2.45) is 5.92 Å². The Morgan fingerprint density at radius 2 is 1.86 bits per heavy atom. The molecule has 0 atom stereocenters. The molecule has 0 saturated carbocycles. The summed E-state index contributed by atoms with van der Waals surface area (Å²) >= 11 is 0. The summed E-state index contributed by atoms with van der Waals surface area (Å²) in [6.07, 6.45) is 1.28. The van der Waals surface area contributed by atoms with E-state index in [0.29, 0.717) is 31.7 Å². The summed E-state index contributed by atoms with van der Waals surface area (Å²) in [4.78, 5) is 10.9. The normalized spacial score (nSPS) is 17.6. The molecule has 1 N–H and O–H groups in total. The minimum absolute atomic E-state index is 0.0600. The van der Waals surface area contributed by atoms with Gasteiger partial charge in [-0.25, -0.2) is 8.42 Å². The zero-order valence-corrected chi connectivity index (χ0v) is 12.7. The van der Waals surface area contributed by atoms with E-state index < -0.39 is 16.0 Å². The van der Waals surface area contributed by atoms with Gasteiger partial charge in [0.1, 0.15) is 5.75 Å². The van der Waals surface area contributed by atoms with Crippen LogP contribution in [-0.2, 0) is 14.8 Å². The predicted octanol–water partition coefficient (Wildman–Crippen LogP) is 1.57. The molecule has 0 spiro atoms. The van der Waals surface area contributed by atoms with Gasteiger partial charge in [-0.3, -0.25) is 4.79 Å². The predicted molar refractivity (Wildman–Crippen MR) is 76.7 cm³/mol. The molecular formula is C14H19NO5S. The lowest BCUT2D eigenvalue weighted by atomic mass is 9.95. The second-order valence-corrected chi connectivity index (χ2v) is 7.06. The number of carboxylic acids is 1. The minimum Gasteiger partial charge on any atom is -0.497 e. The van der Waals surface area contributed by atoms with Crippen LogP contribution in [0.5, 0.6) is 5.75 Å². The molecule has 116 valence electrons. The fraction of sp³-hybridized carbons (Fsp3) is 0.500. The van der Waals surface area contributed by atoms with E-state index >= 15 is 0 Å². The standard InChI is InChI=1S/C14H19NO5S/c1-20-12-2-4-13(5-3-12)21(18,19)15-8-6-11(7-9-15)10-14(16)17/h2-5,11H,6-10H2,1H3,(H,16,17). The van der Waals surface area contributed by atoms with Crippen LogP contribution in [0.25, 0.3) is 0 Å². The molecule has 1 heterocycles. The van der Waals surface area contributed by atoms with E-state index in [-0.39, 0.29) is 17.2 Å². The Morgan fingerprint density at radius 1 is 1.29 bits per heavy atom. The quantitative estimate of drug-likeness (QED) is 0.892. The van der Waals surface area contributed by atoms with Gasteiger partial charge in [-0.1, -0.05) is 0 Å². The van der Waals surface area contributed by atoms with Crippen LogP contribution in [0.3, 0.4) is 0 Å². The van der Waals surface area contributed by atoms with Gasteiger partial charge in [0.2, 0.25) is 10.0 Å². The van der Waals surface area contributed by atoms with E-state index in [9.17, 15) is 13.2 Å². The van der Waals surface area contributed by atoms with E-state index in [0.717, 1.165) is 0 Å². The van der Waals surface area contributed by atoms with Crippen molar-refractivity contribution in [3.8, 4) is 5.75 Å². The first kappa shape index (κ1) is 15.8. The SMILES string of the molecule is COc1ccc(S(=O)(=O)N2CCC(CC(=O)O)CC2)cc1. The molecule has 0 bridgehead atoms. The van der Waals surface area contributed by atoms with Gasteiger partial charge in [0, 0.05) is 19.5 Å². The second-order valence-electron chi connectivity index (χ2n) is 5.12. The number of nitrogens with zero attached hydrogens (tertiary/aromatic N) is 1.